The minimum atomic E-state index is -4.73. The monoisotopic (exact) mass is 630 g/mol. The van der Waals surface area contributed by atoms with Crippen LogP contribution in [-0.2, 0) is 6.18 Å². The molecule has 0 bridgehead atoms. The van der Waals surface area contributed by atoms with Crippen LogP contribution in [-0.4, -0.2) is 78.6 Å². The molecule has 0 radical (unpaired) electrons. The fourth-order valence-corrected chi connectivity index (χ4v) is 5.64. The zero-order chi connectivity index (χ0) is 31.4. The van der Waals surface area contributed by atoms with E-state index < -0.39 is 23.2 Å². The van der Waals surface area contributed by atoms with Crippen molar-refractivity contribution in [2.45, 2.75) is 32.5 Å². The van der Waals surface area contributed by atoms with Crippen LogP contribution in [0.5, 0.6) is 5.88 Å². The van der Waals surface area contributed by atoms with Gasteiger partial charge in [0.15, 0.2) is 5.69 Å². The number of amides is 2. The predicted octanol–water partition coefficient (Wildman–Crippen LogP) is 4.90. The summed E-state index contributed by atoms with van der Waals surface area (Å²) in [5.74, 6) is -0.311. The smallest absolute Gasteiger partial charge is 0.417 e. The van der Waals surface area contributed by atoms with Crippen LogP contribution in [0, 0.1) is 5.92 Å². The number of carbonyl (C=O) groups is 2. The lowest BCUT2D eigenvalue weighted by atomic mass is 10.0. The van der Waals surface area contributed by atoms with Gasteiger partial charge in [-0.15, -0.1) is 0 Å². The first-order valence-corrected chi connectivity index (χ1v) is 15.0. The molecule has 2 saturated heterocycles. The number of pyridine rings is 2. The summed E-state index contributed by atoms with van der Waals surface area (Å²) >= 11 is 5.83. The zero-order valence-electron chi connectivity index (χ0n) is 24.5. The lowest BCUT2D eigenvalue weighted by Gasteiger charge is -2.43. The molecular formula is C31H34ClF3N6O3. The van der Waals surface area contributed by atoms with Gasteiger partial charge in [0.1, 0.15) is 0 Å². The van der Waals surface area contributed by atoms with Crippen LogP contribution in [0.2, 0.25) is 5.02 Å². The summed E-state index contributed by atoms with van der Waals surface area (Å²) in [7, 11) is 0. The normalized spacial score (nSPS) is 17.3. The Hall–Kier alpha value is -3.90. The minimum absolute atomic E-state index is 0.0971. The largest absolute Gasteiger partial charge is 0.477 e. The number of carbonyl (C=O) groups excluding carboxylic acids is 2. The fourth-order valence-electron chi connectivity index (χ4n) is 5.47. The molecule has 2 amide bonds. The van der Waals surface area contributed by atoms with E-state index in [2.05, 4.69) is 15.6 Å². The molecule has 9 nitrogen and oxygen atoms in total. The Bertz CT molecular complexity index is 1520. The fraction of sp³-hybridized carbons (Fsp3) is 0.419. The van der Waals surface area contributed by atoms with Crippen molar-refractivity contribution in [2.75, 3.05) is 50.8 Å². The number of benzene rings is 1. The Morgan fingerprint density at radius 2 is 1.93 bits per heavy atom. The highest BCUT2D eigenvalue weighted by molar-refractivity contribution is 6.30. The SMILES string of the molecule is CCOc1ncccc1-c1ccc(N2CCN(C(=O)c3ccc(Cl)cc3C(F)(F)F)C[C@H]2CC)c(C(=O)NCC2CNC2)n1. The first-order valence-electron chi connectivity index (χ1n) is 14.6. The standard InChI is InChI=1S/C31H34ClF3N6O3/c1-3-21-18-40(30(43)22-8-7-20(32)14-24(22)31(33,34)35)12-13-41(21)26-10-9-25(23-6-5-11-37-29(23)44-4-2)39-27(26)28(42)38-17-19-15-36-16-19/h5-11,14,19,21,36H,3-4,12-13,15-18H2,1-2H3,(H,38,42)/t21-/m1/s1. The lowest BCUT2D eigenvalue weighted by Crippen LogP contribution is -2.55. The third kappa shape index (κ3) is 6.76. The quantitative estimate of drug-likeness (QED) is 0.347. The molecule has 3 aromatic rings. The summed E-state index contributed by atoms with van der Waals surface area (Å²) in [5.41, 5.74) is 0.461. The Morgan fingerprint density at radius 3 is 2.61 bits per heavy atom. The van der Waals surface area contributed by atoms with Crippen molar-refractivity contribution in [1.82, 2.24) is 25.5 Å². The third-order valence-corrected chi connectivity index (χ3v) is 8.14. The highest BCUT2D eigenvalue weighted by atomic mass is 35.5. The summed E-state index contributed by atoms with van der Waals surface area (Å²) in [5, 5.41) is 6.10. The van der Waals surface area contributed by atoms with E-state index >= 15 is 0 Å². The summed E-state index contributed by atoms with van der Waals surface area (Å²) in [6.45, 7) is 6.97. The third-order valence-electron chi connectivity index (χ3n) is 7.90. The van der Waals surface area contributed by atoms with E-state index in [1.165, 1.54) is 11.0 Å². The van der Waals surface area contributed by atoms with Crippen molar-refractivity contribution < 1.29 is 27.5 Å². The van der Waals surface area contributed by atoms with Gasteiger partial charge in [-0.05, 0) is 55.8 Å². The van der Waals surface area contributed by atoms with Crippen LogP contribution in [0.4, 0.5) is 18.9 Å². The second-order valence-electron chi connectivity index (χ2n) is 10.8. The maximum absolute atomic E-state index is 13.8. The molecule has 44 heavy (non-hydrogen) atoms. The van der Waals surface area contributed by atoms with Crippen molar-refractivity contribution in [3.63, 3.8) is 0 Å². The average molecular weight is 631 g/mol. The molecule has 2 N–H and O–H groups in total. The number of aromatic nitrogens is 2. The summed E-state index contributed by atoms with van der Waals surface area (Å²) in [6, 6.07) is 10.1. The molecule has 234 valence electrons. The molecule has 2 fully saturated rings. The second-order valence-corrected chi connectivity index (χ2v) is 11.2. The number of nitrogens with one attached hydrogen (secondary N) is 2. The van der Waals surface area contributed by atoms with E-state index in [-0.39, 0.29) is 35.8 Å². The van der Waals surface area contributed by atoms with E-state index in [1.807, 2.05) is 30.9 Å². The van der Waals surface area contributed by atoms with Crippen molar-refractivity contribution in [3.05, 3.63) is 70.5 Å². The summed E-state index contributed by atoms with van der Waals surface area (Å²) in [4.78, 5) is 39.6. The number of halogens is 4. The van der Waals surface area contributed by atoms with Crippen LogP contribution < -0.4 is 20.3 Å². The number of rotatable bonds is 9. The van der Waals surface area contributed by atoms with Gasteiger partial charge in [-0.1, -0.05) is 18.5 Å². The van der Waals surface area contributed by atoms with Gasteiger partial charge in [-0.25, -0.2) is 9.97 Å². The number of piperazine rings is 1. The molecule has 13 heteroatoms. The topological polar surface area (TPSA) is 99.7 Å². The van der Waals surface area contributed by atoms with Gasteiger partial charge in [-0.3, -0.25) is 9.59 Å². The van der Waals surface area contributed by atoms with Crippen molar-refractivity contribution in [1.29, 1.82) is 0 Å². The van der Waals surface area contributed by atoms with E-state index in [1.54, 1.807) is 18.3 Å². The van der Waals surface area contributed by atoms with Crippen molar-refractivity contribution in [2.24, 2.45) is 5.92 Å². The average Bonchev–Trinajstić information content (AvgIpc) is 2.99. The first-order chi connectivity index (χ1) is 21.1. The number of alkyl halides is 3. The molecule has 0 aliphatic carbocycles. The molecule has 1 aromatic carbocycles. The summed E-state index contributed by atoms with van der Waals surface area (Å²) in [6.07, 6.45) is -2.54. The second kappa shape index (κ2) is 13.4. The van der Waals surface area contributed by atoms with Crippen LogP contribution in [0.15, 0.2) is 48.7 Å². The highest BCUT2D eigenvalue weighted by Gasteiger charge is 2.38. The molecule has 2 aliphatic rings. The molecule has 5 rings (SSSR count). The van der Waals surface area contributed by atoms with Crippen molar-refractivity contribution in [3.8, 4) is 17.1 Å². The van der Waals surface area contributed by atoms with Gasteiger partial charge < -0.3 is 25.2 Å². The lowest BCUT2D eigenvalue weighted by molar-refractivity contribution is -0.138. The predicted molar refractivity (Wildman–Crippen MR) is 161 cm³/mol. The van der Waals surface area contributed by atoms with Crippen LogP contribution in [0.3, 0.4) is 0 Å². The Labute approximate surface area is 258 Å². The van der Waals surface area contributed by atoms with Crippen molar-refractivity contribution >= 4 is 29.1 Å². The van der Waals surface area contributed by atoms with Gasteiger partial charge in [0, 0.05) is 62.4 Å². The summed E-state index contributed by atoms with van der Waals surface area (Å²) < 4.78 is 47.0. The van der Waals surface area contributed by atoms with Gasteiger partial charge in [0.2, 0.25) is 5.88 Å². The van der Waals surface area contributed by atoms with Crippen LogP contribution in [0.1, 0.15) is 46.7 Å². The minimum Gasteiger partial charge on any atom is -0.477 e. The number of hydrogen-bond acceptors (Lipinski definition) is 7. The molecule has 0 spiro atoms. The molecule has 2 aromatic heterocycles. The molecule has 0 unspecified atom stereocenters. The first kappa shape index (κ1) is 31.5. The Kier molecular flexibility index (Phi) is 9.59. The van der Waals surface area contributed by atoms with Gasteiger partial charge in [0.05, 0.1) is 34.7 Å². The molecular weight excluding hydrogens is 597 g/mol. The number of ether oxygens (including phenoxy) is 1. The number of nitrogens with zero attached hydrogens (tertiary/aromatic N) is 4. The number of anilines is 1. The van der Waals surface area contributed by atoms with E-state index in [4.69, 9.17) is 21.3 Å². The van der Waals surface area contributed by atoms with E-state index in [0.717, 1.165) is 25.2 Å². The molecule has 4 heterocycles. The Balaban J connectivity index is 1.45. The van der Waals surface area contributed by atoms with E-state index in [9.17, 15) is 22.8 Å². The molecule has 2 aliphatic heterocycles. The van der Waals surface area contributed by atoms with E-state index in [0.29, 0.717) is 54.9 Å². The van der Waals surface area contributed by atoms with Gasteiger partial charge in [0.25, 0.3) is 11.8 Å². The Morgan fingerprint density at radius 1 is 1.14 bits per heavy atom. The molecule has 0 saturated carbocycles. The maximum Gasteiger partial charge on any atom is 0.417 e. The highest BCUT2D eigenvalue weighted by Crippen LogP contribution is 2.36. The van der Waals surface area contributed by atoms with Gasteiger partial charge in [-0.2, -0.15) is 13.2 Å². The van der Waals surface area contributed by atoms with Crippen LogP contribution in [0.25, 0.3) is 11.3 Å². The zero-order valence-corrected chi connectivity index (χ0v) is 25.2. The van der Waals surface area contributed by atoms with Gasteiger partial charge >= 0.3 is 6.18 Å². The molecule has 1 atom stereocenters. The number of hydrogen-bond donors (Lipinski definition) is 2. The van der Waals surface area contributed by atoms with Crippen LogP contribution >= 0.6 is 11.6 Å². The maximum atomic E-state index is 13.8.